The van der Waals surface area contributed by atoms with Gasteiger partial charge in [0.25, 0.3) is 0 Å². The van der Waals surface area contributed by atoms with Crippen LogP contribution in [0, 0.1) is 17.3 Å². The van der Waals surface area contributed by atoms with E-state index in [1.54, 1.807) is 16.2 Å². The predicted molar refractivity (Wildman–Crippen MR) is 307 cm³/mol. The Balaban J connectivity index is 0.00000151. The van der Waals surface area contributed by atoms with Gasteiger partial charge < -0.3 is 36.4 Å². The number of benzene rings is 1. The number of nitrogens with two attached hydrogens (primary N) is 2. The molecule has 5 unspecified atom stereocenters. The number of thiazole rings is 1. The highest BCUT2D eigenvalue weighted by molar-refractivity contribution is 7.09. The third-order valence-electron chi connectivity index (χ3n) is 12.6. The van der Waals surface area contributed by atoms with E-state index in [1.807, 2.05) is 68.0 Å². The summed E-state index contributed by atoms with van der Waals surface area (Å²) in [4.78, 5) is 48.2. The van der Waals surface area contributed by atoms with Crippen LogP contribution >= 0.6 is 11.3 Å². The molecule has 0 spiro atoms. The van der Waals surface area contributed by atoms with Crippen molar-refractivity contribution in [2.75, 3.05) is 40.8 Å². The Labute approximate surface area is 435 Å². The number of carbonyl (C=O) groups excluding carboxylic acids is 3. The fourth-order valence-corrected chi connectivity index (χ4v) is 9.96. The number of hydrogen-bond acceptors (Lipinski definition) is 10. The molecule has 0 saturated carbocycles. The predicted octanol–water partition coefficient (Wildman–Crippen LogP) is 11.4. The molecule has 0 aliphatic carbocycles. The van der Waals surface area contributed by atoms with Crippen molar-refractivity contribution in [2.45, 2.75) is 158 Å². The van der Waals surface area contributed by atoms with Crippen molar-refractivity contribution in [1.82, 2.24) is 35.0 Å². The zero-order chi connectivity index (χ0) is 54.4. The van der Waals surface area contributed by atoms with E-state index < -0.39 is 0 Å². The summed E-state index contributed by atoms with van der Waals surface area (Å²) in [5.41, 5.74) is 20.0. The van der Waals surface area contributed by atoms with E-state index in [-0.39, 0.29) is 41.3 Å². The third kappa shape index (κ3) is 20.3. The topological polar surface area (TPSA) is 165 Å². The molecule has 2 amide bonds. The first-order chi connectivity index (χ1) is 33.9. The second-order valence-corrected chi connectivity index (χ2v) is 20.0. The number of primary amides is 1. The average Bonchev–Trinajstić information content (AvgIpc) is 3.96. The van der Waals surface area contributed by atoms with Crippen molar-refractivity contribution in [1.29, 1.82) is 0 Å². The van der Waals surface area contributed by atoms with Crippen LogP contribution in [-0.4, -0.2) is 101 Å². The minimum absolute atomic E-state index is 0.0529. The lowest BCUT2D eigenvalue weighted by molar-refractivity contribution is -0.133. The Kier molecular flexibility index (Phi) is 33.0. The molecule has 71 heavy (non-hydrogen) atoms. The number of pyridine rings is 1. The molecule has 1 aromatic carbocycles. The van der Waals surface area contributed by atoms with E-state index in [1.165, 1.54) is 52.5 Å². The fourth-order valence-electron chi connectivity index (χ4n) is 8.99. The number of carbonyl (C=O) groups is 3. The summed E-state index contributed by atoms with van der Waals surface area (Å²) in [5, 5.41) is 10.8. The van der Waals surface area contributed by atoms with Crippen molar-refractivity contribution >= 4 is 40.3 Å². The van der Waals surface area contributed by atoms with E-state index in [0.717, 1.165) is 61.0 Å². The van der Waals surface area contributed by atoms with Crippen LogP contribution < -0.4 is 22.1 Å². The molecular weight excluding hydrogens is 903 g/mol. The van der Waals surface area contributed by atoms with Crippen LogP contribution in [0.4, 0.5) is 0 Å². The second kappa shape index (κ2) is 35.3. The number of nitrogens with one attached hydrogen (secondary N) is 2. The summed E-state index contributed by atoms with van der Waals surface area (Å²) in [6.45, 7) is 41.7. The quantitative estimate of drug-likeness (QED) is 0.0361. The molecule has 0 radical (unpaired) electrons. The van der Waals surface area contributed by atoms with Crippen LogP contribution in [0.1, 0.15) is 137 Å². The monoisotopic (exact) mass is 1000 g/mol. The summed E-state index contributed by atoms with van der Waals surface area (Å²) in [6, 6.07) is 11.3. The number of amides is 2. The number of piperazine rings is 1. The SMILES string of the molecule is C=C.C=C.C=CC(=O)N1CCN(C(C(N)=O)C(C)C)CC1C.CC.CCC(N)c1ncccc1-c1c(CC(C)(C)CCC=O)c2cc(-c3csc(CC(C)CCCC(C)NC)n3)ccc2n1CC.CNC. The Hall–Kier alpha value is -4.79. The highest BCUT2D eigenvalue weighted by Gasteiger charge is 2.34. The van der Waals surface area contributed by atoms with Gasteiger partial charge in [0.2, 0.25) is 11.8 Å². The normalized spacial score (nSPS) is 15.0. The van der Waals surface area contributed by atoms with Crippen LogP contribution in [-0.2, 0) is 33.8 Å². The number of aromatic nitrogens is 3. The summed E-state index contributed by atoms with van der Waals surface area (Å²) in [5.74, 6) is 0.449. The van der Waals surface area contributed by atoms with Crippen molar-refractivity contribution in [3.8, 4) is 22.5 Å². The van der Waals surface area contributed by atoms with E-state index in [0.29, 0.717) is 38.0 Å². The zero-order valence-electron chi connectivity index (χ0n) is 46.7. The van der Waals surface area contributed by atoms with Gasteiger partial charge >= 0.3 is 0 Å². The van der Waals surface area contributed by atoms with Gasteiger partial charge in [-0.1, -0.05) is 80.9 Å². The molecule has 1 fully saturated rings. The van der Waals surface area contributed by atoms with Crippen molar-refractivity contribution in [3.63, 3.8) is 0 Å². The maximum Gasteiger partial charge on any atom is 0.246 e. The Morgan fingerprint density at radius 2 is 1.66 bits per heavy atom. The molecule has 12 nitrogen and oxygen atoms in total. The molecule has 1 aliphatic heterocycles. The maximum atomic E-state index is 11.6. The van der Waals surface area contributed by atoms with Gasteiger partial charge in [0.1, 0.15) is 6.29 Å². The fraction of sp³-hybridized carbons (Fsp3) is 0.569. The lowest BCUT2D eigenvalue weighted by atomic mass is 9.80. The van der Waals surface area contributed by atoms with Gasteiger partial charge in [0.05, 0.1) is 28.1 Å². The Morgan fingerprint density at radius 1 is 1.01 bits per heavy atom. The van der Waals surface area contributed by atoms with E-state index in [2.05, 4.69) is 124 Å². The molecule has 0 bridgehead atoms. The van der Waals surface area contributed by atoms with Gasteiger partial charge in [-0.3, -0.25) is 19.5 Å². The lowest BCUT2D eigenvalue weighted by Gasteiger charge is -2.43. The standard InChI is InChI=1S/C37H53N5OS.C13H23N3O2.C2H7N.C2H6.2C2H4/c1-8-31(38)35-28(15-11-19-40-35)36-30(23-37(5,6)18-12-20-43)29-22-27(16-17-33(29)42(36)9-2)32-24-44-34(41-32)21-25(3)13-10-14-26(4)39-7;1-5-11(17)16-7-6-15(8-10(16)4)12(9(2)3)13(14)18;1-3-2;3*1-2/h11,15-17,19-20,22,24-26,31,39H,8-10,12-14,18,21,23,38H2,1-7H3;5,9-10,12H,1,6-8H2,2-4H3,(H2,14,18);3H,1-2H3;1-2H3;2*1-2H2. The first-order valence-electron chi connectivity index (χ1n) is 25.9. The summed E-state index contributed by atoms with van der Waals surface area (Å²) in [6.07, 6.45) is 12.0. The lowest BCUT2D eigenvalue weighted by Crippen LogP contribution is -2.59. The van der Waals surface area contributed by atoms with Gasteiger partial charge in [-0.2, -0.15) is 0 Å². The minimum Gasteiger partial charge on any atom is -0.368 e. The number of rotatable bonds is 21. The molecule has 6 N–H and O–H groups in total. The molecular formula is C58H97N9O3S. The number of aldehydes is 1. The molecule has 1 saturated heterocycles. The number of hydrogen-bond donors (Lipinski definition) is 4. The van der Waals surface area contributed by atoms with Crippen molar-refractivity contribution < 1.29 is 14.4 Å². The summed E-state index contributed by atoms with van der Waals surface area (Å²) >= 11 is 1.78. The Bertz CT molecular complexity index is 2140. The van der Waals surface area contributed by atoms with Gasteiger partial charge in [0, 0.05) is 90.8 Å². The van der Waals surface area contributed by atoms with Gasteiger partial charge in [0.15, 0.2) is 0 Å². The molecule has 4 heterocycles. The smallest absolute Gasteiger partial charge is 0.246 e. The number of nitrogens with zero attached hydrogens (tertiary/aromatic N) is 5. The molecule has 398 valence electrons. The largest absolute Gasteiger partial charge is 0.368 e. The number of fused-ring (bicyclic) bond motifs is 1. The first-order valence-corrected chi connectivity index (χ1v) is 26.8. The number of aryl methyl sites for hydroxylation is 1. The highest BCUT2D eigenvalue weighted by atomic mass is 32.1. The van der Waals surface area contributed by atoms with Crippen LogP contribution in [0.2, 0.25) is 0 Å². The van der Waals surface area contributed by atoms with Crippen molar-refractivity contribution in [2.24, 2.45) is 28.7 Å². The first kappa shape index (κ1) is 66.2. The van der Waals surface area contributed by atoms with E-state index >= 15 is 0 Å². The van der Waals surface area contributed by atoms with Gasteiger partial charge in [-0.25, -0.2) is 4.98 Å². The summed E-state index contributed by atoms with van der Waals surface area (Å²) < 4.78 is 2.43. The molecule has 5 rings (SSSR count). The minimum atomic E-state index is -0.291. The average molecular weight is 1000 g/mol. The van der Waals surface area contributed by atoms with Gasteiger partial charge in [-0.05, 0) is 121 Å². The molecule has 4 aromatic rings. The van der Waals surface area contributed by atoms with Crippen LogP contribution in [0.25, 0.3) is 33.4 Å². The molecule has 5 atom stereocenters. The highest BCUT2D eigenvalue weighted by Crippen LogP contribution is 2.42. The van der Waals surface area contributed by atoms with Crippen LogP contribution in [0.5, 0.6) is 0 Å². The second-order valence-electron chi connectivity index (χ2n) is 19.0. The summed E-state index contributed by atoms with van der Waals surface area (Å²) in [7, 11) is 5.79. The zero-order valence-corrected chi connectivity index (χ0v) is 47.5. The van der Waals surface area contributed by atoms with E-state index in [4.69, 9.17) is 21.4 Å². The van der Waals surface area contributed by atoms with E-state index in [9.17, 15) is 14.4 Å². The maximum absolute atomic E-state index is 11.6. The molecule has 13 heteroatoms. The van der Waals surface area contributed by atoms with Crippen molar-refractivity contribution in [3.05, 3.63) is 97.1 Å². The van der Waals surface area contributed by atoms with Gasteiger partial charge in [-0.15, -0.1) is 37.7 Å². The molecule has 3 aromatic heterocycles. The third-order valence-corrected chi connectivity index (χ3v) is 13.5. The van der Waals surface area contributed by atoms with Crippen LogP contribution in [0.15, 0.2) is 80.9 Å². The Morgan fingerprint density at radius 3 is 2.20 bits per heavy atom. The van der Waals surface area contributed by atoms with Crippen LogP contribution in [0.3, 0.4) is 0 Å². The molecule has 1 aliphatic rings.